The van der Waals surface area contributed by atoms with E-state index in [2.05, 4.69) is 44.1 Å². The third-order valence-corrected chi connectivity index (χ3v) is 9.83. The Morgan fingerprint density at radius 1 is 0.957 bits per heavy atom. The molecule has 130 valence electrons. The van der Waals surface area contributed by atoms with Crippen LogP contribution in [-0.2, 0) is 0 Å². The standard InChI is InChI=1S/C21H35NP/c1-17(22(2)3)20-15-10-16-21(20)23(18-11-6-4-7-12-18)19-13-8-5-9-14-19/h10,15-19H,4-9,11-14H2,1-3H3/q-1/t17-/m0/s1. The third-order valence-electron chi connectivity index (χ3n) is 6.26. The van der Waals surface area contributed by atoms with Gasteiger partial charge in [-0.2, -0.15) is 6.07 Å². The lowest BCUT2D eigenvalue weighted by Crippen LogP contribution is -2.29. The van der Waals surface area contributed by atoms with E-state index in [0.29, 0.717) is 6.04 Å². The van der Waals surface area contributed by atoms with Crippen LogP contribution in [0.5, 0.6) is 0 Å². The van der Waals surface area contributed by atoms with Crippen LogP contribution in [0.2, 0.25) is 0 Å². The fourth-order valence-corrected chi connectivity index (χ4v) is 8.74. The predicted molar refractivity (Wildman–Crippen MR) is 104 cm³/mol. The molecule has 3 rings (SSSR count). The molecule has 1 atom stereocenters. The maximum Gasteiger partial charge on any atom is -0.0130 e. The number of rotatable bonds is 5. The molecule has 2 fully saturated rings. The van der Waals surface area contributed by atoms with E-state index in [1.165, 1.54) is 64.2 Å². The second-order valence-electron chi connectivity index (χ2n) is 8.00. The molecule has 0 heterocycles. The van der Waals surface area contributed by atoms with Crippen LogP contribution in [0.15, 0.2) is 18.2 Å². The molecule has 0 radical (unpaired) electrons. The van der Waals surface area contributed by atoms with E-state index in [4.69, 9.17) is 0 Å². The van der Waals surface area contributed by atoms with Crippen LogP contribution >= 0.6 is 7.92 Å². The zero-order chi connectivity index (χ0) is 16.2. The van der Waals surface area contributed by atoms with E-state index in [-0.39, 0.29) is 7.92 Å². The van der Waals surface area contributed by atoms with E-state index in [0.717, 1.165) is 11.3 Å². The molecule has 0 spiro atoms. The van der Waals surface area contributed by atoms with Gasteiger partial charge in [0.25, 0.3) is 0 Å². The summed E-state index contributed by atoms with van der Waals surface area (Å²) in [7, 11) is 4.49. The van der Waals surface area contributed by atoms with Gasteiger partial charge in [-0.25, -0.2) is 12.1 Å². The molecule has 2 aliphatic rings. The minimum atomic E-state index is 0.0403. The molecule has 2 heteroatoms. The molecule has 2 saturated carbocycles. The minimum Gasteiger partial charge on any atom is -0.314 e. The molecule has 1 aromatic carbocycles. The molecule has 0 aromatic heterocycles. The van der Waals surface area contributed by atoms with Crippen molar-refractivity contribution in [2.75, 3.05) is 14.1 Å². The highest BCUT2D eigenvalue weighted by molar-refractivity contribution is 7.67. The molecule has 23 heavy (non-hydrogen) atoms. The zero-order valence-electron chi connectivity index (χ0n) is 15.4. The van der Waals surface area contributed by atoms with Gasteiger partial charge >= 0.3 is 0 Å². The third kappa shape index (κ3) is 4.05. The highest BCUT2D eigenvalue weighted by Gasteiger charge is 2.31. The van der Waals surface area contributed by atoms with Gasteiger partial charge in [-0.1, -0.05) is 53.4 Å². The van der Waals surface area contributed by atoms with Crippen molar-refractivity contribution in [1.29, 1.82) is 0 Å². The molecule has 0 saturated heterocycles. The summed E-state index contributed by atoms with van der Waals surface area (Å²) in [5.41, 5.74) is 3.66. The first kappa shape index (κ1) is 17.6. The van der Waals surface area contributed by atoms with Crippen molar-refractivity contribution in [3.8, 4) is 0 Å². The molecular weight excluding hydrogens is 297 g/mol. The normalized spacial score (nSPS) is 22.8. The van der Waals surface area contributed by atoms with Crippen molar-refractivity contribution in [2.45, 2.75) is 88.5 Å². The summed E-state index contributed by atoms with van der Waals surface area (Å²) < 4.78 is 0. The van der Waals surface area contributed by atoms with Gasteiger partial charge in [0, 0.05) is 0 Å². The molecule has 0 N–H and O–H groups in total. The average Bonchev–Trinajstić information content (AvgIpc) is 3.05. The Morgan fingerprint density at radius 3 is 1.96 bits per heavy atom. The van der Waals surface area contributed by atoms with E-state index >= 15 is 0 Å². The maximum absolute atomic E-state index is 2.50. The van der Waals surface area contributed by atoms with Gasteiger partial charge in [0.1, 0.15) is 0 Å². The van der Waals surface area contributed by atoms with Crippen molar-refractivity contribution in [3.05, 3.63) is 23.8 Å². The first-order valence-corrected chi connectivity index (χ1v) is 11.4. The van der Waals surface area contributed by atoms with Crippen LogP contribution in [-0.4, -0.2) is 30.3 Å². The van der Waals surface area contributed by atoms with Gasteiger partial charge in [0.05, 0.1) is 0 Å². The smallest absolute Gasteiger partial charge is 0.0130 e. The summed E-state index contributed by atoms with van der Waals surface area (Å²) in [4.78, 5) is 2.38. The van der Waals surface area contributed by atoms with Crippen LogP contribution in [0.4, 0.5) is 0 Å². The van der Waals surface area contributed by atoms with Crippen molar-refractivity contribution in [3.63, 3.8) is 0 Å². The van der Waals surface area contributed by atoms with Crippen LogP contribution in [0.1, 0.15) is 82.7 Å². The molecular formula is C21H35NP-. The lowest BCUT2D eigenvalue weighted by molar-refractivity contribution is 0.322. The van der Waals surface area contributed by atoms with Gasteiger partial charge in [0.15, 0.2) is 0 Å². The summed E-state index contributed by atoms with van der Waals surface area (Å²) in [5, 5.41) is 1.78. The summed E-state index contributed by atoms with van der Waals surface area (Å²) >= 11 is 0. The quantitative estimate of drug-likeness (QED) is 0.486. The Bertz CT molecular complexity index is 448. The van der Waals surface area contributed by atoms with Gasteiger partial charge < -0.3 is 4.90 Å². The van der Waals surface area contributed by atoms with E-state index in [1.54, 1.807) is 10.9 Å². The SMILES string of the molecule is C[C@@H]([c-]1cccc1P(C1CCCCC1)C1CCCCC1)N(C)C. The Balaban J connectivity index is 1.89. The molecule has 0 aliphatic heterocycles. The lowest BCUT2D eigenvalue weighted by atomic mass is 9.99. The fourth-order valence-electron chi connectivity index (χ4n) is 4.70. The van der Waals surface area contributed by atoms with Crippen LogP contribution in [0.3, 0.4) is 0 Å². The Kier molecular flexibility index (Phi) is 6.27. The lowest BCUT2D eigenvalue weighted by Gasteiger charge is -2.42. The molecule has 2 aliphatic carbocycles. The van der Waals surface area contributed by atoms with Crippen molar-refractivity contribution >= 4 is 13.2 Å². The first-order chi connectivity index (χ1) is 11.2. The summed E-state index contributed by atoms with van der Waals surface area (Å²) in [6, 6.07) is 7.81. The Labute approximate surface area is 145 Å². The van der Waals surface area contributed by atoms with Crippen molar-refractivity contribution in [1.82, 2.24) is 4.90 Å². The highest BCUT2D eigenvalue weighted by atomic mass is 31.1. The largest absolute Gasteiger partial charge is 0.314 e. The maximum atomic E-state index is 2.50. The van der Waals surface area contributed by atoms with Crippen LogP contribution in [0, 0.1) is 0 Å². The number of hydrogen-bond acceptors (Lipinski definition) is 1. The zero-order valence-corrected chi connectivity index (χ0v) is 16.3. The first-order valence-electron chi connectivity index (χ1n) is 9.89. The summed E-state index contributed by atoms with van der Waals surface area (Å²) in [5.74, 6) is 0. The molecule has 1 nitrogen and oxygen atoms in total. The highest BCUT2D eigenvalue weighted by Crippen LogP contribution is 2.56. The van der Waals surface area contributed by atoms with Crippen molar-refractivity contribution < 1.29 is 0 Å². The summed E-state index contributed by atoms with van der Waals surface area (Å²) in [6.45, 7) is 2.38. The van der Waals surface area contributed by atoms with Crippen LogP contribution < -0.4 is 5.30 Å². The van der Waals surface area contributed by atoms with Gasteiger partial charge in [0.2, 0.25) is 0 Å². The molecule has 0 bridgehead atoms. The average molecular weight is 332 g/mol. The second-order valence-corrected chi connectivity index (χ2v) is 10.8. The topological polar surface area (TPSA) is 3.24 Å². The predicted octanol–water partition coefficient (Wildman–Crippen LogP) is 5.80. The Morgan fingerprint density at radius 2 is 1.48 bits per heavy atom. The minimum absolute atomic E-state index is 0.0403. The van der Waals surface area contributed by atoms with E-state index in [9.17, 15) is 0 Å². The van der Waals surface area contributed by atoms with Crippen LogP contribution in [0.25, 0.3) is 0 Å². The second kappa shape index (κ2) is 8.21. The Hall–Kier alpha value is -0.260. The van der Waals surface area contributed by atoms with Crippen molar-refractivity contribution in [2.24, 2.45) is 0 Å². The van der Waals surface area contributed by atoms with Gasteiger partial charge in [-0.05, 0) is 57.1 Å². The summed E-state index contributed by atoms with van der Waals surface area (Å²) in [6.07, 6.45) is 14.9. The fraction of sp³-hybridized carbons (Fsp3) is 0.762. The number of nitrogens with zero attached hydrogens (tertiary/aromatic N) is 1. The van der Waals surface area contributed by atoms with E-state index in [1.807, 2.05) is 0 Å². The molecule has 1 aromatic rings. The molecule has 0 amide bonds. The van der Waals surface area contributed by atoms with Gasteiger partial charge in [-0.3, -0.25) is 0 Å². The molecule has 0 unspecified atom stereocenters. The van der Waals surface area contributed by atoms with E-state index < -0.39 is 0 Å². The number of hydrogen-bond donors (Lipinski definition) is 0. The monoisotopic (exact) mass is 332 g/mol. The van der Waals surface area contributed by atoms with Gasteiger partial charge in [-0.15, -0.1) is 10.9 Å².